The first-order valence-electron chi connectivity index (χ1n) is 23.2. The van der Waals surface area contributed by atoms with E-state index in [9.17, 15) is 43.4 Å². The Bertz CT molecular complexity index is 3110. The van der Waals surface area contributed by atoms with Gasteiger partial charge in [0.2, 0.25) is 17.3 Å². The van der Waals surface area contributed by atoms with Crippen LogP contribution in [0.5, 0.6) is 5.75 Å². The smallest absolute Gasteiger partial charge is 0.416 e. The summed E-state index contributed by atoms with van der Waals surface area (Å²) in [5, 5.41) is 26.4. The molecule has 0 fully saturated rings. The number of carboxylic acid groups (broad SMARTS) is 1. The number of phenolic OH excluding ortho intramolecular Hbond substituents is 1. The molecule has 73 heavy (non-hydrogen) atoms. The van der Waals surface area contributed by atoms with Crippen molar-refractivity contribution in [3.63, 3.8) is 0 Å². The Balaban J connectivity index is 1.21. The predicted molar refractivity (Wildman–Crippen MR) is 266 cm³/mol. The summed E-state index contributed by atoms with van der Waals surface area (Å²) < 4.78 is 53.7. The van der Waals surface area contributed by atoms with Crippen molar-refractivity contribution in [2.75, 3.05) is 27.2 Å². The number of carboxylic acids is 1. The van der Waals surface area contributed by atoms with E-state index in [-0.39, 0.29) is 82.4 Å². The third-order valence-corrected chi connectivity index (χ3v) is 11.7. The molecule has 1 aliphatic heterocycles. The van der Waals surface area contributed by atoms with Gasteiger partial charge >= 0.3 is 24.2 Å². The number of phenols is 1. The summed E-state index contributed by atoms with van der Waals surface area (Å²) in [6.45, 7) is 9.12. The minimum atomic E-state index is -1.40. The van der Waals surface area contributed by atoms with Crippen LogP contribution >= 0.6 is 0 Å². The van der Waals surface area contributed by atoms with Crippen LogP contribution in [0.2, 0.25) is 0 Å². The van der Waals surface area contributed by atoms with Crippen molar-refractivity contribution in [3.05, 3.63) is 135 Å². The number of halogens is 2. The molecule has 4 aromatic carbocycles. The first-order chi connectivity index (χ1) is 34.4. The van der Waals surface area contributed by atoms with Crippen LogP contribution in [0.15, 0.2) is 105 Å². The highest BCUT2D eigenvalue weighted by molar-refractivity contribution is 6.08. The summed E-state index contributed by atoms with van der Waals surface area (Å²) in [6.07, 6.45) is -2.74. The Morgan fingerprint density at radius 1 is 0.781 bits per heavy atom. The number of ether oxygens (including phenoxy) is 3. The normalized spacial score (nSPS) is 12.6. The van der Waals surface area contributed by atoms with Crippen molar-refractivity contribution < 1.29 is 61.6 Å². The number of nitrogens with zero attached hydrogens (tertiary/aromatic N) is 3. The van der Waals surface area contributed by atoms with Gasteiger partial charge in [0.1, 0.15) is 35.2 Å². The highest BCUT2D eigenvalue weighted by Gasteiger charge is 2.33. The Hall–Kier alpha value is -8.35. The van der Waals surface area contributed by atoms with E-state index in [2.05, 4.69) is 15.6 Å². The zero-order valence-electron chi connectivity index (χ0n) is 41.4. The van der Waals surface area contributed by atoms with E-state index in [1.165, 1.54) is 38.4 Å². The van der Waals surface area contributed by atoms with E-state index in [4.69, 9.17) is 18.6 Å². The minimum absolute atomic E-state index is 0.00618. The van der Waals surface area contributed by atoms with Crippen LogP contribution in [0.25, 0.3) is 44.5 Å². The fourth-order valence-electron chi connectivity index (χ4n) is 8.47. The Kier molecular flexibility index (Phi) is 15.2. The maximum atomic E-state index is 15.9. The monoisotopic (exact) mass is 1000 g/mol. The number of amides is 4. The topological polar surface area (TPSA) is 227 Å². The summed E-state index contributed by atoms with van der Waals surface area (Å²) in [4.78, 5) is 86.2. The molecule has 4 N–H and O–H groups in total. The molecular weight excluding hydrogens is 949 g/mol. The SMILES string of the molecule is CN(C(=O)OC(C)(C)C)C(=NCCCC(NC(=O)OCC1c2ccccc2-c2ccccc21)C(=O)NCc1c(O)c(F)cc2c(-c3ccccc3C(=O)O)c3cc(F)c(=O)cc-3oc12)N(C)C(=O)OC(C)(C)C. The second-order valence-electron chi connectivity index (χ2n) is 19.3. The summed E-state index contributed by atoms with van der Waals surface area (Å²) >= 11 is 0. The van der Waals surface area contributed by atoms with E-state index in [0.29, 0.717) is 0 Å². The molecule has 1 heterocycles. The second kappa shape index (κ2) is 21.2. The molecule has 0 saturated heterocycles. The number of guanidine groups is 1. The number of aromatic hydroxyl groups is 1. The fraction of sp³-hybridized carbons (Fsp3) is 0.315. The lowest BCUT2D eigenvalue weighted by Gasteiger charge is -2.30. The van der Waals surface area contributed by atoms with Crippen molar-refractivity contribution in [1.82, 2.24) is 20.4 Å². The molecule has 2 aliphatic carbocycles. The van der Waals surface area contributed by atoms with Crippen LogP contribution in [0.1, 0.15) is 87.4 Å². The van der Waals surface area contributed by atoms with Crippen LogP contribution in [0.4, 0.5) is 23.2 Å². The minimum Gasteiger partial charge on any atom is -0.504 e. The first kappa shape index (κ1) is 52.5. The molecule has 0 saturated carbocycles. The van der Waals surface area contributed by atoms with E-state index >= 15 is 4.39 Å². The molecule has 0 radical (unpaired) electrons. The number of alkyl carbamates (subject to hydrolysis) is 1. The van der Waals surface area contributed by atoms with Gasteiger partial charge in [0.15, 0.2) is 17.4 Å². The predicted octanol–water partition coefficient (Wildman–Crippen LogP) is 9.64. The average molecular weight is 1000 g/mol. The van der Waals surface area contributed by atoms with Crippen molar-refractivity contribution in [1.29, 1.82) is 0 Å². The van der Waals surface area contributed by atoms with Gasteiger partial charge in [-0.3, -0.25) is 24.4 Å². The van der Waals surface area contributed by atoms with Crippen molar-refractivity contribution in [3.8, 4) is 39.3 Å². The molecule has 3 aliphatic rings. The highest BCUT2D eigenvalue weighted by atomic mass is 19.1. The lowest BCUT2D eigenvalue weighted by molar-refractivity contribution is -0.123. The quantitative estimate of drug-likeness (QED) is 0.0296. The van der Waals surface area contributed by atoms with Crippen molar-refractivity contribution in [2.45, 2.75) is 84.1 Å². The lowest BCUT2D eigenvalue weighted by atomic mass is 9.89. The Morgan fingerprint density at radius 3 is 1.92 bits per heavy atom. The number of rotatable bonds is 12. The molecule has 1 unspecified atom stereocenters. The molecular formula is C54H55F2N5O12. The third-order valence-electron chi connectivity index (χ3n) is 11.7. The van der Waals surface area contributed by atoms with Crippen LogP contribution in [-0.4, -0.2) is 101 Å². The van der Waals surface area contributed by atoms with Crippen LogP contribution < -0.4 is 16.1 Å². The number of aromatic carboxylic acids is 1. The molecule has 7 rings (SSSR count). The Labute approximate surface area is 418 Å². The molecule has 4 aromatic rings. The van der Waals surface area contributed by atoms with Gasteiger partial charge in [-0.1, -0.05) is 66.7 Å². The van der Waals surface area contributed by atoms with Gasteiger partial charge in [-0.15, -0.1) is 0 Å². The molecule has 19 heteroatoms. The number of benzene rings is 5. The fourth-order valence-corrected chi connectivity index (χ4v) is 8.47. The van der Waals surface area contributed by atoms with Crippen LogP contribution in [0, 0.1) is 11.6 Å². The van der Waals surface area contributed by atoms with Gasteiger partial charge in [-0.2, -0.15) is 0 Å². The van der Waals surface area contributed by atoms with E-state index < -0.39 is 76.8 Å². The number of carbonyl (C=O) groups is 5. The number of nitrogens with one attached hydrogen (secondary N) is 2. The highest BCUT2D eigenvalue weighted by Crippen LogP contribution is 2.46. The first-order valence-corrected chi connectivity index (χ1v) is 23.2. The number of carbonyl (C=O) groups excluding carboxylic acids is 4. The van der Waals surface area contributed by atoms with Gasteiger partial charge in [0.25, 0.3) is 0 Å². The molecule has 1 atom stereocenters. The number of fused-ring (bicyclic) bond motifs is 5. The van der Waals surface area contributed by atoms with Crippen LogP contribution in [-0.2, 0) is 25.5 Å². The largest absolute Gasteiger partial charge is 0.504 e. The zero-order chi connectivity index (χ0) is 53.1. The maximum Gasteiger partial charge on any atom is 0.416 e. The van der Waals surface area contributed by atoms with Gasteiger partial charge in [0, 0.05) is 49.1 Å². The standard InChI is InChI=1S/C54H55F2N5O12/c1-53(2,3)72-51(68)60(7)49(61(8)52(69)73-54(4,5)6)57-23-15-22-41(59-50(67)70-28-38-31-18-11-9-16-29(31)30-17-10-12-19-32(30)38)47(64)58-27-37-45(63)40(56)25-36-44(33-20-13-14-21-34(33)48(65)66)35-24-39(55)42(62)26-43(35)71-46(36)37/h9-14,16-21,24-26,38,41,63H,15,22-23,27-28H2,1-8H3,(H,58,64)(H,59,67)(H,65,66). The Morgan fingerprint density at radius 2 is 1.34 bits per heavy atom. The van der Waals surface area contributed by atoms with Crippen molar-refractivity contribution >= 4 is 47.1 Å². The molecule has 382 valence electrons. The van der Waals surface area contributed by atoms with Gasteiger partial charge < -0.3 is 39.5 Å². The molecule has 0 spiro atoms. The number of hydrogen-bond acceptors (Lipinski definition) is 12. The van der Waals surface area contributed by atoms with Gasteiger partial charge in [-0.25, -0.2) is 28.0 Å². The van der Waals surface area contributed by atoms with E-state index in [1.54, 1.807) is 41.5 Å². The number of aliphatic imine (C=N–C) groups is 1. The second-order valence-corrected chi connectivity index (χ2v) is 19.3. The average Bonchev–Trinajstić information content (AvgIpc) is 3.64. The summed E-state index contributed by atoms with van der Waals surface area (Å²) in [5.41, 5.74) is 0.00153. The van der Waals surface area contributed by atoms with Gasteiger partial charge in [0.05, 0.1) is 17.7 Å². The lowest BCUT2D eigenvalue weighted by Crippen LogP contribution is -2.49. The maximum absolute atomic E-state index is 15.9. The molecule has 17 nitrogen and oxygen atoms in total. The zero-order valence-corrected chi connectivity index (χ0v) is 41.4. The van der Waals surface area contributed by atoms with E-state index in [0.717, 1.165) is 50.3 Å². The van der Waals surface area contributed by atoms with E-state index in [1.807, 2.05) is 48.5 Å². The number of hydrogen-bond donors (Lipinski definition) is 4. The molecule has 0 aromatic heterocycles. The summed E-state index contributed by atoms with van der Waals surface area (Å²) in [7, 11) is 2.71. The third kappa shape index (κ3) is 11.7. The molecule has 4 amide bonds. The van der Waals surface area contributed by atoms with Crippen molar-refractivity contribution in [2.24, 2.45) is 4.99 Å². The summed E-state index contributed by atoms with van der Waals surface area (Å²) in [6, 6.07) is 22.2. The molecule has 0 bridgehead atoms. The summed E-state index contributed by atoms with van der Waals surface area (Å²) in [5.74, 6) is -6.31. The van der Waals surface area contributed by atoms with Gasteiger partial charge in [-0.05, 0) is 100 Å². The van der Waals surface area contributed by atoms with Crippen LogP contribution in [0.3, 0.4) is 0 Å².